The molecule has 0 saturated carbocycles. The second kappa shape index (κ2) is 7.55. The molecule has 0 saturated heterocycles. The summed E-state index contributed by atoms with van der Waals surface area (Å²) in [6.45, 7) is 0. The van der Waals surface area contributed by atoms with Gasteiger partial charge in [0.25, 0.3) is 0 Å². The van der Waals surface area contributed by atoms with Crippen molar-refractivity contribution in [3.05, 3.63) is 75.8 Å². The number of oxime groups is 1. The standard InChI is InChI=1S/C19H13Cl2NO3/c1-24-18-7-6-12-4-2-3-5-16(12)17(18)11-22-25-19(23)13-8-14(20)10-15(21)9-13/h2-11H,1H3. The van der Waals surface area contributed by atoms with E-state index in [1.807, 2.05) is 36.4 Å². The van der Waals surface area contributed by atoms with Crippen molar-refractivity contribution < 1.29 is 14.4 Å². The second-order valence-electron chi connectivity index (χ2n) is 5.17. The molecule has 6 heteroatoms. The first kappa shape index (κ1) is 17.3. The molecule has 3 rings (SSSR count). The van der Waals surface area contributed by atoms with Gasteiger partial charge in [-0.05, 0) is 35.0 Å². The van der Waals surface area contributed by atoms with Crippen LogP contribution in [0.15, 0.2) is 59.8 Å². The molecule has 3 aromatic rings. The van der Waals surface area contributed by atoms with Crippen LogP contribution >= 0.6 is 23.2 Å². The van der Waals surface area contributed by atoms with Gasteiger partial charge < -0.3 is 9.57 Å². The number of benzene rings is 3. The van der Waals surface area contributed by atoms with Gasteiger partial charge in [-0.3, -0.25) is 0 Å². The quantitative estimate of drug-likeness (QED) is 0.352. The van der Waals surface area contributed by atoms with Crippen molar-refractivity contribution in [2.45, 2.75) is 0 Å². The predicted octanol–water partition coefficient (Wildman–Crippen LogP) is 5.35. The lowest BCUT2D eigenvalue weighted by molar-refractivity contribution is 0.0519. The van der Waals surface area contributed by atoms with E-state index in [2.05, 4.69) is 5.16 Å². The van der Waals surface area contributed by atoms with Crippen LogP contribution in [0.4, 0.5) is 0 Å². The lowest BCUT2D eigenvalue weighted by Gasteiger charge is -2.08. The van der Waals surface area contributed by atoms with Crippen molar-refractivity contribution in [1.29, 1.82) is 0 Å². The Balaban J connectivity index is 1.87. The molecule has 0 aromatic heterocycles. The molecule has 3 aromatic carbocycles. The van der Waals surface area contributed by atoms with Gasteiger partial charge in [0.15, 0.2) is 0 Å². The topological polar surface area (TPSA) is 47.9 Å². The molecule has 25 heavy (non-hydrogen) atoms. The van der Waals surface area contributed by atoms with Gasteiger partial charge in [0.05, 0.1) is 18.9 Å². The van der Waals surface area contributed by atoms with Gasteiger partial charge >= 0.3 is 5.97 Å². The summed E-state index contributed by atoms with van der Waals surface area (Å²) in [5, 5.41) is 6.45. The Morgan fingerprint density at radius 2 is 1.76 bits per heavy atom. The summed E-state index contributed by atoms with van der Waals surface area (Å²) in [4.78, 5) is 17.0. The summed E-state index contributed by atoms with van der Waals surface area (Å²) in [6, 6.07) is 16.0. The van der Waals surface area contributed by atoms with Gasteiger partial charge in [-0.15, -0.1) is 0 Å². The fourth-order valence-electron chi connectivity index (χ4n) is 2.44. The lowest BCUT2D eigenvalue weighted by Crippen LogP contribution is -2.01. The minimum Gasteiger partial charge on any atom is -0.496 e. The van der Waals surface area contributed by atoms with Gasteiger partial charge in [0, 0.05) is 15.6 Å². The maximum absolute atomic E-state index is 12.1. The van der Waals surface area contributed by atoms with Crippen molar-refractivity contribution in [3.63, 3.8) is 0 Å². The molecular formula is C19H13Cl2NO3. The van der Waals surface area contributed by atoms with Crippen LogP contribution in [0.2, 0.25) is 10.0 Å². The van der Waals surface area contributed by atoms with Crippen LogP contribution in [-0.2, 0) is 4.84 Å². The molecule has 0 fully saturated rings. The second-order valence-corrected chi connectivity index (χ2v) is 6.05. The largest absolute Gasteiger partial charge is 0.496 e. The minimum absolute atomic E-state index is 0.222. The SMILES string of the molecule is COc1ccc2ccccc2c1C=NOC(=O)c1cc(Cl)cc(Cl)c1. The van der Waals surface area contributed by atoms with Crippen LogP contribution in [0.3, 0.4) is 0 Å². The summed E-state index contributed by atoms with van der Waals surface area (Å²) >= 11 is 11.8. The summed E-state index contributed by atoms with van der Waals surface area (Å²) < 4.78 is 5.36. The highest BCUT2D eigenvalue weighted by Crippen LogP contribution is 2.26. The Morgan fingerprint density at radius 1 is 1.04 bits per heavy atom. The van der Waals surface area contributed by atoms with Crippen LogP contribution in [0.25, 0.3) is 10.8 Å². The van der Waals surface area contributed by atoms with E-state index >= 15 is 0 Å². The van der Waals surface area contributed by atoms with Crippen molar-refractivity contribution in [1.82, 2.24) is 0 Å². The molecule has 0 radical (unpaired) electrons. The molecule has 0 aliphatic rings. The van der Waals surface area contributed by atoms with Gasteiger partial charge in [-0.25, -0.2) is 4.79 Å². The first-order valence-electron chi connectivity index (χ1n) is 7.35. The van der Waals surface area contributed by atoms with Gasteiger partial charge in [-0.2, -0.15) is 0 Å². The average Bonchev–Trinajstić information content (AvgIpc) is 2.60. The van der Waals surface area contributed by atoms with E-state index in [0.717, 1.165) is 16.3 Å². The highest BCUT2D eigenvalue weighted by molar-refractivity contribution is 6.35. The highest BCUT2D eigenvalue weighted by atomic mass is 35.5. The molecule has 0 bridgehead atoms. The predicted molar refractivity (Wildman–Crippen MR) is 100.0 cm³/mol. The maximum atomic E-state index is 12.1. The maximum Gasteiger partial charge on any atom is 0.365 e. The third-order valence-electron chi connectivity index (χ3n) is 3.57. The Hall–Kier alpha value is -2.56. The van der Waals surface area contributed by atoms with Gasteiger partial charge in [0.1, 0.15) is 5.75 Å². The normalized spacial score (nSPS) is 11.0. The fourth-order valence-corrected chi connectivity index (χ4v) is 2.96. The number of methoxy groups -OCH3 is 1. The van der Waals surface area contributed by atoms with Gasteiger partial charge in [-0.1, -0.05) is 58.7 Å². The Bertz CT molecular complexity index is 950. The first-order chi connectivity index (χ1) is 12.1. The molecule has 126 valence electrons. The number of fused-ring (bicyclic) bond motifs is 1. The van der Waals surface area contributed by atoms with Crippen LogP contribution in [0.5, 0.6) is 5.75 Å². The van der Waals surface area contributed by atoms with Crippen molar-refractivity contribution in [2.75, 3.05) is 7.11 Å². The van der Waals surface area contributed by atoms with E-state index in [9.17, 15) is 4.79 Å². The molecular weight excluding hydrogens is 361 g/mol. The van der Waals surface area contributed by atoms with E-state index in [1.165, 1.54) is 24.4 Å². The fraction of sp³-hybridized carbons (Fsp3) is 0.0526. The number of halogens is 2. The molecule has 0 spiro atoms. The average molecular weight is 374 g/mol. The number of carbonyl (C=O) groups is 1. The first-order valence-corrected chi connectivity index (χ1v) is 8.10. The van der Waals surface area contributed by atoms with Crippen molar-refractivity contribution >= 4 is 46.2 Å². The summed E-state index contributed by atoms with van der Waals surface area (Å²) in [5.41, 5.74) is 0.942. The number of hydrogen-bond acceptors (Lipinski definition) is 4. The van der Waals surface area contributed by atoms with E-state index in [4.69, 9.17) is 32.8 Å². The summed E-state index contributed by atoms with van der Waals surface area (Å²) in [5.74, 6) is -0.0239. The number of rotatable bonds is 4. The molecule has 0 unspecified atom stereocenters. The molecule has 4 nitrogen and oxygen atoms in total. The number of hydrogen-bond donors (Lipinski definition) is 0. The molecule has 0 aliphatic heterocycles. The minimum atomic E-state index is -0.653. The van der Waals surface area contributed by atoms with E-state index in [0.29, 0.717) is 15.8 Å². The third-order valence-corrected chi connectivity index (χ3v) is 4.00. The van der Waals surface area contributed by atoms with Crippen LogP contribution in [-0.4, -0.2) is 19.3 Å². The van der Waals surface area contributed by atoms with Crippen LogP contribution < -0.4 is 4.74 Å². The Labute approximate surface area is 154 Å². The Morgan fingerprint density at radius 3 is 2.48 bits per heavy atom. The summed E-state index contributed by atoms with van der Waals surface area (Å²) in [6.07, 6.45) is 1.45. The highest BCUT2D eigenvalue weighted by Gasteiger charge is 2.10. The number of carbonyl (C=O) groups excluding carboxylic acids is 1. The van der Waals surface area contributed by atoms with E-state index in [1.54, 1.807) is 7.11 Å². The van der Waals surface area contributed by atoms with E-state index < -0.39 is 5.97 Å². The molecule has 0 aliphatic carbocycles. The molecule has 0 N–H and O–H groups in total. The zero-order valence-electron chi connectivity index (χ0n) is 13.2. The zero-order chi connectivity index (χ0) is 17.8. The van der Waals surface area contributed by atoms with Crippen LogP contribution in [0, 0.1) is 0 Å². The van der Waals surface area contributed by atoms with Crippen molar-refractivity contribution in [3.8, 4) is 5.75 Å². The Kier molecular flexibility index (Phi) is 5.22. The zero-order valence-corrected chi connectivity index (χ0v) is 14.7. The number of ether oxygens (including phenoxy) is 1. The summed E-state index contributed by atoms with van der Waals surface area (Å²) in [7, 11) is 1.57. The van der Waals surface area contributed by atoms with E-state index in [-0.39, 0.29) is 5.56 Å². The van der Waals surface area contributed by atoms with Crippen LogP contribution in [0.1, 0.15) is 15.9 Å². The monoisotopic (exact) mass is 373 g/mol. The molecule has 0 heterocycles. The van der Waals surface area contributed by atoms with Crippen molar-refractivity contribution in [2.24, 2.45) is 5.16 Å². The third kappa shape index (κ3) is 3.92. The lowest BCUT2D eigenvalue weighted by atomic mass is 10.0. The molecule has 0 amide bonds. The van der Waals surface area contributed by atoms with Gasteiger partial charge in [0.2, 0.25) is 0 Å². The smallest absolute Gasteiger partial charge is 0.365 e. The number of nitrogens with zero attached hydrogens (tertiary/aromatic N) is 1. The molecule has 0 atom stereocenters.